The Kier molecular flexibility index (Phi) is 6.14. The van der Waals surface area contributed by atoms with Crippen molar-refractivity contribution in [2.75, 3.05) is 24.6 Å². The smallest absolute Gasteiger partial charge is 0.0635 e. The maximum Gasteiger partial charge on any atom is 0.0635 e. The van der Waals surface area contributed by atoms with Crippen LogP contribution in [-0.4, -0.2) is 30.8 Å². The first kappa shape index (κ1) is 15.6. The molecule has 1 saturated heterocycles. The molecule has 1 fully saturated rings. The molecule has 0 amide bonds. The molecule has 0 saturated carbocycles. The zero-order valence-electron chi connectivity index (χ0n) is 12.2. The van der Waals surface area contributed by atoms with Gasteiger partial charge in [0.2, 0.25) is 0 Å². The number of halogens is 1. The van der Waals surface area contributed by atoms with Crippen molar-refractivity contribution >= 4 is 17.3 Å². The Balaban J connectivity index is 2.28. The molecule has 0 bridgehead atoms. The molecule has 1 atom stereocenters. The van der Waals surface area contributed by atoms with Crippen molar-refractivity contribution in [1.29, 1.82) is 0 Å². The molecule has 2 rings (SSSR count). The van der Waals surface area contributed by atoms with Crippen molar-refractivity contribution in [3.63, 3.8) is 0 Å². The number of benzene rings is 1. The van der Waals surface area contributed by atoms with E-state index < -0.39 is 0 Å². The van der Waals surface area contributed by atoms with Gasteiger partial charge < -0.3 is 15.3 Å². The minimum absolute atomic E-state index is 0.225. The SMILES string of the molecule is CCNCc1cc(Cl)ccc1N1CCCCCC1CO. The fourth-order valence-corrected chi connectivity index (χ4v) is 3.11. The summed E-state index contributed by atoms with van der Waals surface area (Å²) in [5.74, 6) is 0. The summed E-state index contributed by atoms with van der Waals surface area (Å²) in [6.45, 7) is 5.11. The number of nitrogens with zero attached hydrogens (tertiary/aromatic N) is 1. The van der Waals surface area contributed by atoms with Crippen molar-refractivity contribution < 1.29 is 5.11 Å². The van der Waals surface area contributed by atoms with E-state index in [2.05, 4.69) is 23.2 Å². The Morgan fingerprint density at radius 1 is 1.35 bits per heavy atom. The van der Waals surface area contributed by atoms with E-state index in [1.165, 1.54) is 30.5 Å². The summed E-state index contributed by atoms with van der Waals surface area (Å²) in [5.41, 5.74) is 2.44. The van der Waals surface area contributed by atoms with Gasteiger partial charge >= 0.3 is 0 Å². The Hall–Kier alpha value is -0.770. The molecule has 3 nitrogen and oxygen atoms in total. The quantitative estimate of drug-likeness (QED) is 0.876. The van der Waals surface area contributed by atoms with Crippen LogP contribution in [0.1, 0.15) is 38.2 Å². The van der Waals surface area contributed by atoms with E-state index in [1.54, 1.807) is 0 Å². The van der Waals surface area contributed by atoms with E-state index >= 15 is 0 Å². The summed E-state index contributed by atoms with van der Waals surface area (Å²) < 4.78 is 0. The third kappa shape index (κ3) is 3.87. The van der Waals surface area contributed by atoms with Crippen LogP contribution in [0.25, 0.3) is 0 Å². The van der Waals surface area contributed by atoms with Gasteiger partial charge in [0.05, 0.1) is 12.6 Å². The zero-order valence-corrected chi connectivity index (χ0v) is 13.0. The second-order valence-electron chi connectivity index (χ2n) is 5.43. The lowest BCUT2D eigenvalue weighted by atomic mass is 10.1. The highest BCUT2D eigenvalue weighted by Crippen LogP contribution is 2.29. The first-order valence-corrected chi connectivity index (χ1v) is 8.00. The summed E-state index contributed by atoms with van der Waals surface area (Å²) in [6, 6.07) is 6.33. The molecular formula is C16H25ClN2O. The van der Waals surface area contributed by atoms with Crippen LogP contribution in [0.15, 0.2) is 18.2 Å². The number of hydrogen-bond donors (Lipinski definition) is 2. The van der Waals surface area contributed by atoms with Gasteiger partial charge in [-0.1, -0.05) is 31.4 Å². The van der Waals surface area contributed by atoms with E-state index in [0.717, 1.165) is 31.1 Å². The van der Waals surface area contributed by atoms with Gasteiger partial charge in [0, 0.05) is 23.8 Å². The molecule has 20 heavy (non-hydrogen) atoms. The number of rotatable bonds is 5. The zero-order chi connectivity index (χ0) is 14.4. The van der Waals surface area contributed by atoms with Gasteiger partial charge in [-0.05, 0) is 43.1 Å². The molecule has 1 aliphatic heterocycles. The van der Waals surface area contributed by atoms with Crippen LogP contribution in [0.2, 0.25) is 5.02 Å². The predicted molar refractivity (Wildman–Crippen MR) is 85.5 cm³/mol. The minimum atomic E-state index is 0.225. The topological polar surface area (TPSA) is 35.5 Å². The van der Waals surface area contributed by atoms with Gasteiger partial charge in [-0.2, -0.15) is 0 Å². The molecule has 1 unspecified atom stereocenters. The first-order chi connectivity index (χ1) is 9.76. The summed E-state index contributed by atoms with van der Waals surface area (Å²) in [7, 11) is 0. The van der Waals surface area contributed by atoms with Gasteiger partial charge in [-0.15, -0.1) is 0 Å². The number of aliphatic hydroxyl groups is 1. The second kappa shape index (κ2) is 7.87. The normalized spacial score (nSPS) is 19.9. The van der Waals surface area contributed by atoms with E-state index in [4.69, 9.17) is 11.6 Å². The van der Waals surface area contributed by atoms with E-state index in [0.29, 0.717) is 0 Å². The van der Waals surface area contributed by atoms with Crippen molar-refractivity contribution in [2.45, 2.75) is 45.2 Å². The standard InChI is InChI=1S/C16H25ClN2O/c1-2-18-11-13-10-14(17)7-8-16(13)19-9-5-3-4-6-15(19)12-20/h7-8,10,15,18,20H,2-6,9,11-12H2,1H3. The van der Waals surface area contributed by atoms with Gasteiger partial charge in [0.1, 0.15) is 0 Å². The van der Waals surface area contributed by atoms with Crippen molar-refractivity contribution in [2.24, 2.45) is 0 Å². The molecule has 0 aromatic heterocycles. The largest absolute Gasteiger partial charge is 0.394 e. The molecule has 112 valence electrons. The highest BCUT2D eigenvalue weighted by atomic mass is 35.5. The van der Waals surface area contributed by atoms with Gasteiger partial charge in [-0.3, -0.25) is 0 Å². The minimum Gasteiger partial charge on any atom is -0.394 e. The lowest BCUT2D eigenvalue weighted by Gasteiger charge is -2.32. The molecule has 0 radical (unpaired) electrons. The van der Waals surface area contributed by atoms with Crippen LogP contribution in [0.4, 0.5) is 5.69 Å². The summed E-state index contributed by atoms with van der Waals surface area (Å²) in [5, 5.41) is 13.8. The van der Waals surface area contributed by atoms with Crippen LogP contribution in [0, 0.1) is 0 Å². The maximum atomic E-state index is 9.69. The third-order valence-corrected chi connectivity index (χ3v) is 4.24. The average molecular weight is 297 g/mol. The average Bonchev–Trinajstić information content (AvgIpc) is 2.70. The highest BCUT2D eigenvalue weighted by molar-refractivity contribution is 6.30. The fraction of sp³-hybridized carbons (Fsp3) is 0.625. The number of hydrogen-bond acceptors (Lipinski definition) is 3. The van der Waals surface area contributed by atoms with Crippen molar-refractivity contribution in [3.05, 3.63) is 28.8 Å². The summed E-state index contributed by atoms with van der Waals surface area (Å²) in [4.78, 5) is 2.37. The Bertz CT molecular complexity index is 425. The molecule has 0 spiro atoms. The lowest BCUT2D eigenvalue weighted by molar-refractivity contribution is 0.255. The second-order valence-corrected chi connectivity index (χ2v) is 5.87. The molecule has 1 aromatic carbocycles. The Morgan fingerprint density at radius 2 is 2.20 bits per heavy atom. The van der Waals surface area contributed by atoms with Gasteiger partial charge in [-0.25, -0.2) is 0 Å². The van der Waals surface area contributed by atoms with Crippen LogP contribution >= 0.6 is 11.6 Å². The van der Waals surface area contributed by atoms with Crippen LogP contribution < -0.4 is 10.2 Å². The Labute approximate surface area is 126 Å². The highest BCUT2D eigenvalue weighted by Gasteiger charge is 2.22. The monoisotopic (exact) mass is 296 g/mol. The summed E-state index contributed by atoms with van der Waals surface area (Å²) in [6.07, 6.45) is 4.72. The van der Waals surface area contributed by atoms with Gasteiger partial charge in [0.25, 0.3) is 0 Å². The molecule has 4 heteroatoms. The number of aliphatic hydroxyl groups excluding tert-OH is 1. The van der Waals surface area contributed by atoms with Crippen LogP contribution in [0.5, 0.6) is 0 Å². The predicted octanol–water partition coefficient (Wildman–Crippen LogP) is 3.19. The first-order valence-electron chi connectivity index (χ1n) is 7.63. The lowest BCUT2D eigenvalue weighted by Crippen LogP contribution is -2.38. The number of anilines is 1. The fourth-order valence-electron chi connectivity index (χ4n) is 2.92. The van der Waals surface area contributed by atoms with Gasteiger partial charge in [0.15, 0.2) is 0 Å². The molecule has 1 aromatic rings. The summed E-state index contributed by atoms with van der Waals surface area (Å²) >= 11 is 6.14. The molecule has 1 heterocycles. The molecular weight excluding hydrogens is 272 g/mol. The Morgan fingerprint density at radius 3 is 2.95 bits per heavy atom. The molecule has 1 aliphatic rings. The molecule has 2 N–H and O–H groups in total. The molecule has 0 aliphatic carbocycles. The van der Waals surface area contributed by atoms with Crippen molar-refractivity contribution in [1.82, 2.24) is 5.32 Å². The maximum absolute atomic E-state index is 9.69. The van der Waals surface area contributed by atoms with Crippen molar-refractivity contribution in [3.8, 4) is 0 Å². The van der Waals surface area contributed by atoms with E-state index in [1.807, 2.05) is 12.1 Å². The van der Waals surface area contributed by atoms with E-state index in [9.17, 15) is 5.11 Å². The van der Waals surface area contributed by atoms with E-state index in [-0.39, 0.29) is 12.6 Å². The number of nitrogens with one attached hydrogen (secondary N) is 1. The van der Waals surface area contributed by atoms with Crippen LogP contribution in [-0.2, 0) is 6.54 Å². The third-order valence-electron chi connectivity index (χ3n) is 4.00. The van der Waals surface area contributed by atoms with Crippen LogP contribution in [0.3, 0.4) is 0 Å².